The van der Waals surface area contributed by atoms with E-state index in [0.29, 0.717) is 5.70 Å². The Bertz CT molecular complexity index is 176. The molecule has 0 unspecified atom stereocenters. The van der Waals surface area contributed by atoms with Crippen molar-refractivity contribution in [1.29, 1.82) is 0 Å². The second kappa shape index (κ2) is 3.46. The lowest BCUT2D eigenvalue weighted by Crippen LogP contribution is -2.12. The van der Waals surface area contributed by atoms with Gasteiger partial charge in [-0.05, 0) is 6.92 Å². The number of hydrogen-bond donors (Lipinski definition) is 1. The van der Waals surface area contributed by atoms with Gasteiger partial charge in [0, 0.05) is 14.1 Å². The van der Waals surface area contributed by atoms with E-state index in [4.69, 9.17) is 0 Å². The van der Waals surface area contributed by atoms with E-state index in [9.17, 15) is 10.1 Å². The fourth-order valence-corrected chi connectivity index (χ4v) is 0.532. The van der Waals surface area contributed by atoms with Crippen molar-refractivity contribution in [2.45, 2.75) is 6.92 Å². The summed E-state index contributed by atoms with van der Waals surface area (Å²) in [6, 6.07) is 0. The van der Waals surface area contributed by atoms with Crippen LogP contribution in [0.5, 0.6) is 0 Å². The van der Waals surface area contributed by atoms with Crippen LogP contribution in [0.25, 0.3) is 0 Å². The molecule has 0 rings (SSSR count). The third-order valence-corrected chi connectivity index (χ3v) is 1.65. The normalized spacial score (nSPS) is 12.4. The van der Waals surface area contributed by atoms with Gasteiger partial charge in [-0.3, -0.25) is 10.1 Å². The Hall–Kier alpha value is -0.710. The van der Waals surface area contributed by atoms with Gasteiger partial charge < -0.3 is 4.90 Å². The van der Waals surface area contributed by atoms with Gasteiger partial charge in [0.1, 0.15) is 0 Å². The molecule has 10 heavy (non-hydrogen) atoms. The molecule has 0 spiro atoms. The summed E-state index contributed by atoms with van der Waals surface area (Å²) < 4.78 is 0. The summed E-state index contributed by atoms with van der Waals surface area (Å²) in [5, 5.41) is 9.98. The van der Waals surface area contributed by atoms with Gasteiger partial charge in [-0.25, -0.2) is 0 Å². The van der Waals surface area contributed by atoms with E-state index >= 15 is 0 Å². The molecule has 0 aromatic rings. The molecule has 0 saturated carbocycles. The number of nitrogens with zero attached hydrogens (tertiary/aromatic N) is 2. The maximum absolute atomic E-state index is 10.1. The van der Waals surface area contributed by atoms with E-state index in [2.05, 4.69) is 12.6 Å². The first-order chi connectivity index (χ1) is 4.46. The zero-order chi connectivity index (χ0) is 8.31. The second-order valence-electron chi connectivity index (χ2n) is 2.06. The molecule has 0 radical (unpaired) electrons. The summed E-state index contributed by atoms with van der Waals surface area (Å²) in [5.74, 6) is 0. The summed E-state index contributed by atoms with van der Waals surface area (Å²) in [4.78, 5) is 11.2. The van der Waals surface area contributed by atoms with Crippen molar-refractivity contribution >= 4 is 12.6 Å². The zero-order valence-electron chi connectivity index (χ0n) is 6.16. The van der Waals surface area contributed by atoms with Gasteiger partial charge in [0.25, 0.3) is 0 Å². The van der Waals surface area contributed by atoms with Gasteiger partial charge in [0.2, 0.25) is 0 Å². The van der Waals surface area contributed by atoms with E-state index in [-0.39, 0.29) is 5.03 Å². The van der Waals surface area contributed by atoms with Crippen LogP contribution in [0, 0.1) is 10.1 Å². The molecule has 0 aromatic heterocycles. The van der Waals surface area contributed by atoms with Crippen LogP contribution in [-0.2, 0) is 0 Å². The van der Waals surface area contributed by atoms with Gasteiger partial charge in [-0.15, -0.1) is 0 Å². The van der Waals surface area contributed by atoms with Crippen LogP contribution in [-0.4, -0.2) is 23.9 Å². The summed E-state index contributed by atoms with van der Waals surface area (Å²) in [6.07, 6.45) is 0. The van der Waals surface area contributed by atoms with Gasteiger partial charge in [0.15, 0.2) is 0 Å². The molecule has 0 aromatic carbocycles. The molecule has 0 aliphatic rings. The molecule has 4 nitrogen and oxygen atoms in total. The Morgan fingerprint density at radius 3 is 2.10 bits per heavy atom. The number of thiol groups is 1. The Morgan fingerprint density at radius 2 is 2.00 bits per heavy atom. The molecular formula is C5H10N2O2S. The van der Waals surface area contributed by atoms with Crippen molar-refractivity contribution in [3.8, 4) is 0 Å². The SMILES string of the molecule is CC(=C(S)[N+](=O)[O-])N(C)C. The van der Waals surface area contributed by atoms with Crippen LogP contribution in [0.3, 0.4) is 0 Å². The van der Waals surface area contributed by atoms with E-state index in [0.717, 1.165) is 0 Å². The van der Waals surface area contributed by atoms with Gasteiger partial charge in [-0.1, -0.05) is 12.6 Å². The number of nitro groups is 1. The predicted octanol–water partition coefficient (Wildman–Crippen LogP) is 0.944. The van der Waals surface area contributed by atoms with Crippen LogP contribution < -0.4 is 0 Å². The molecule has 0 aliphatic carbocycles. The third-order valence-electron chi connectivity index (χ3n) is 1.17. The lowest BCUT2D eigenvalue weighted by molar-refractivity contribution is -0.412. The number of allylic oxidation sites excluding steroid dienone is 1. The standard InChI is InChI=1S/C5H10N2O2S/c1-4(6(2)3)5(10)7(8)9/h10H,1-3H3. The zero-order valence-corrected chi connectivity index (χ0v) is 7.05. The molecule has 58 valence electrons. The highest BCUT2D eigenvalue weighted by atomic mass is 32.1. The lowest BCUT2D eigenvalue weighted by atomic mass is 10.5. The Balaban J connectivity index is 4.50. The summed E-state index contributed by atoms with van der Waals surface area (Å²) in [5.41, 5.74) is 0.549. The molecule has 0 saturated heterocycles. The Morgan fingerprint density at radius 1 is 1.60 bits per heavy atom. The monoisotopic (exact) mass is 162 g/mol. The molecule has 0 N–H and O–H groups in total. The van der Waals surface area contributed by atoms with Crippen LogP contribution in [0.1, 0.15) is 6.92 Å². The van der Waals surface area contributed by atoms with Crippen molar-refractivity contribution in [1.82, 2.24) is 4.90 Å². The summed E-state index contributed by atoms with van der Waals surface area (Å²) in [7, 11) is 3.46. The van der Waals surface area contributed by atoms with E-state index in [1.807, 2.05) is 0 Å². The van der Waals surface area contributed by atoms with Crippen LogP contribution in [0.4, 0.5) is 0 Å². The van der Waals surface area contributed by atoms with Crippen LogP contribution >= 0.6 is 12.6 Å². The molecule has 0 bridgehead atoms. The molecule has 0 fully saturated rings. The van der Waals surface area contributed by atoms with Crippen molar-refractivity contribution in [3.05, 3.63) is 20.8 Å². The average Bonchev–Trinajstić information content (AvgIpc) is 1.84. The van der Waals surface area contributed by atoms with Crippen molar-refractivity contribution < 1.29 is 4.92 Å². The van der Waals surface area contributed by atoms with E-state index < -0.39 is 4.92 Å². The van der Waals surface area contributed by atoms with Crippen molar-refractivity contribution in [2.24, 2.45) is 0 Å². The highest BCUT2D eigenvalue weighted by Gasteiger charge is 2.10. The first kappa shape index (κ1) is 9.29. The maximum Gasteiger partial charge on any atom is 0.318 e. The molecule has 0 aliphatic heterocycles. The van der Waals surface area contributed by atoms with Gasteiger partial charge in [0.05, 0.1) is 10.6 Å². The molecule has 0 atom stereocenters. The average molecular weight is 162 g/mol. The topological polar surface area (TPSA) is 46.4 Å². The highest BCUT2D eigenvalue weighted by molar-refractivity contribution is 7.84. The predicted molar refractivity (Wildman–Crippen MR) is 42.4 cm³/mol. The van der Waals surface area contributed by atoms with E-state index in [1.165, 1.54) is 0 Å². The highest BCUT2D eigenvalue weighted by Crippen LogP contribution is 2.09. The minimum Gasteiger partial charge on any atom is -0.375 e. The van der Waals surface area contributed by atoms with Gasteiger partial charge in [-0.2, -0.15) is 0 Å². The largest absolute Gasteiger partial charge is 0.375 e. The van der Waals surface area contributed by atoms with Crippen molar-refractivity contribution in [2.75, 3.05) is 14.1 Å². The quantitative estimate of drug-likeness (QED) is 0.373. The van der Waals surface area contributed by atoms with Crippen molar-refractivity contribution in [3.63, 3.8) is 0 Å². The first-order valence-corrected chi connectivity index (χ1v) is 3.13. The fraction of sp³-hybridized carbons (Fsp3) is 0.600. The molecule has 0 heterocycles. The maximum atomic E-state index is 10.1. The molecule has 0 amide bonds. The lowest BCUT2D eigenvalue weighted by Gasteiger charge is -2.10. The smallest absolute Gasteiger partial charge is 0.318 e. The second-order valence-corrected chi connectivity index (χ2v) is 2.48. The first-order valence-electron chi connectivity index (χ1n) is 2.68. The molecular weight excluding hydrogens is 152 g/mol. The number of rotatable bonds is 2. The summed E-state index contributed by atoms with van der Waals surface area (Å²) in [6.45, 7) is 1.64. The Kier molecular flexibility index (Phi) is 3.21. The number of hydrogen-bond acceptors (Lipinski definition) is 4. The Labute approximate surface area is 65.1 Å². The minimum atomic E-state index is -0.515. The fourth-order valence-electron chi connectivity index (χ4n) is 0.332. The summed E-state index contributed by atoms with van der Waals surface area (Å²) >= 11 is 3.70. The van der Waals surface area contributed by atoms with Crippen LogP contribution in [0.2, 0.25) is 0 Å². The molecule has 5 heteroatoms. The van der Waals surface area contributed by atoms with Crippen LogP contribution in [0.15, 0.2) is 10.7 Å². The minimum absolute atomic E-state index is 0.106. The van der Waals surface area contributed by atoms with Gasteiger partial charge >= 0.3 is 5.03 Å². The van der Waals surface area contributed by atoms with E-state index in [1.54, 1.807) is 25.9 Å². The third kappa shape index (κ3) is 2.26.